The van der Waals surface area contributed by atoms with Crippen molar-refractivity contribution in [3.05, 3.63) is 53.2 Å². The Morgan fingerprint density at radius 2 is 1.65 bits per heavy atom. The molecule has 17 heavy (non-hydrogen) atoms. The van der Waals surface area contributed by atoms with Gasteiger partial charge in [-0.3, -0.25) is 4.98 Å². The summed E-state index contributed by atoms with van der Waals surface area (Å²) in [6, 6.07) is 9.29. The molecular formula is C12H7ClF3N. The summed E-state index contributed by atoms with van der Waals surface area (Å²) in [5.41, 5.74) is -0.652. The molecule has 0 saturated carbocycles. The molecule has 5 heteroatoms. The quantitative estimate of drug-likeness (QED) is 0.737. The van der Waals surface area contributed by atoms with E-state index in [4.69, 9.17) is 11.6 Å². The minimum absolute atomic E-state index is 0.148. The summed E-state index contributed by atoms with van der Waals surface area (Å²) >= 11 is 5.60. The second-order valence-electron chi connectivity index (χ2n) is 3.38. The fourth-order valence-corrected chi connectivity index (χ4v) is 1.78. The van der Waals surface area contributed by atoms with E-state index in [1.807, 2.05) is 0 Å². The molecule has 0 fully saturated rings. The van der Waals surface area contributed by atoms with Crippen LogP contribution in [-0.4, -0.2) is 4.98 Å². The summed E-state index contributed by atoms with van der Waals surface area (Å²) in [5.74, 6) is 0. The van der Waals surface area contributed by atoms with E-state index < -0.39 is 11.7 Å². The van der Waals surface area contributed by atoms with E-state index >= 15 is 0 Å². The number of rotatable bonds is 1. The molecule has 2 aromatic rings. The van der Waals surface area contributed by atoms with E-state index in [0.717, 1.165) is 6.07 Å². The van der Waals surface area contributed by atoms with Crippen molar-refractivity contribution >= 4 is 11.6 Å². The first kappa shape index (κ1) is 11.9. The predicted molar refractivity (Wildman–Crippen MR) is 59.7 cm³/mol. The highest BCUT2D eigenvalue weighted by molar-refractivity contribution is 6.31. The van der Waals surface area contributed by atoms with Crippen molar-refractivity contribution in [3.8, 4) is 11.3 Å². The third-order valence-electron chi connectivity index (χ3n) is 2.23. The van der Waals surface area contributed by atoms with Crippen LogP contribution < -0.4 is 0 Å². The number of benzene rings is 1. The molecule has 0 atom stereocenters. The van der Waals surface area contributed by atoms with E-state index in [2.05, 4.69) is 4.98 Å². The van der Waals surface area contributed by atoms with Gasteiger partial charge in [-0.25, -0.2) is 0 Å². The molecule has 0 aliphatic heterocycles. The molecular weight excluding hydrogens is 251 g/mol. The normalized spacial score (nSPS) is 11.5. The van der Waals surface area contributed by atoms with E-state index in [-0.39, 0.29) is 10.7 Å². The Labute approximate surface area is 101 Å². The number of alkyl halides is 3. The lowest BCUT2D eigenvalue weighted by molar-refractivity contribution is -0.137. The van der Waals surface area contributed by atoms with Gasteiger partial charge in [0.05, 0.1) is 10.7 Å². The van der Waals surface area contributed by atoms with Gasteiger partial charge in [0, 0.05) is 11.8 Å². The minimum Gasteiger partial charge on any atom is -0.256 e. The maximum atomic E-state index is 12.9. The lowest BCUT2D eigenvalue weighted by Gasteiger charge is -2.13. The van der Waals surface area contributed by atoms with Crippen molar-refractivity contribution in [2.24, 2.45) is 0 Å². The highest BCUT2D eigenvalue weighted by Gasteiger charge is 2.37. The van der Waals surface area contributed by atoms with Crippen molar-refractivity contribution in [1.29, 1.82) is 0 Å². The van der Waals surface area contributed by atoms with Crippen LogP contribution in [0.2, 0.25) is 5.02 Å². The number of hydrogen-bond acceptors (Lipinski definition) is 1. The van der Waals surface area contributed by atoms with Gasteiger partial charge in [0.15, 0.2) is 0 Å². The molecule has 0 saturated heterocycles. The van der Waals surface area contributed by atoms with Crippen LogP contribution in [0.3, 0.4) is 0 Å². The van der Waals surface area contributed by atoms with Gasteiger partial charge in [-0.15, -0.1) is 0 Å². The lowest BCUT2D eigenvalue weighted by Crippen LogP contribution is -2.09. The molecule has 0 unspecified atom stereocenters. The Kier molecular flexibility index (Phi) is 3.07. The van der Waals surface area contributed by atoms with Crippen molar-refractivity contribution < 1.29 is 13.2 Å². The number of aromatic nitrogens is 1. The van der Waals surface area contributed by atoms with Crippen LogP contribution in [0.4, 0.5) is 13.2 Å². The van der Waals surface area contributed by atoms with Crippen LogP contribution >= 0.6 is 11.6 Å². The maximum Gasteiger partial charge on any atom is 0.419 e. The van der Waals surface area contributed by atoms with Gasteiger partial charge >= 0.3 is 6.18 Å². The van der Waals surface area contributed by atoms with Gasteiger partial charge in [-0.2, -0.15) is 13.2 Å². The van der Waals surface area contributed by atoms with E-state index in [1.54, 1.807) is 30.3 Å². The molecule has 0 aliphatic carbocycles. The monoisotopic (exact) mass is 257 g/mol. The van der Waals surface area contributed by atoms with Gasteiger partial charge in [-0.05, 0) is 6.07 Å². The largest absolute Gasteiger partial charge is 0.419 e. The van der Waals surface area contributed by atoms with Gasteiger partial charge in [-0.1, -0.05) is 41.9 Å². The van der Waals surface area contributed by atoms with Crippen LogP contribution in [0.1, 0.15) is 5.56 Å². The van der Waals surface area contributed by atoms with E-state index in [1.165, 1.54) is 6.20 Å². The second kappa shape index (κ2) is 4.37. The first-order valence-corrected chi connectivity index (χ1v) is 5.15. The van der Waals surface area contributed by atoms with Gasteiger partial charge in [0.2, 0.25) is 0 Å². The molecule has 88 valence electrons. The molecule has 1 aromatic heterocycles. The Bertz CT molecular complexity index is 523. The summed E-state index contributed by atoms with van der Waals surface area (Å²) in [4.78, 5) is 3.77. The second-order valence-corrected chi connectivity index (χ2v) is 3.79. The van der Waals surface area contributed by atoms with Gasteiger partial charge in [0.25, 0.3) is 0 Å². The minimum atomic E-state index is -4.52. The molecule has 0 bridgehead atoms. The summed E-state index contributed by atoms with van der Waals surface area (Å²) in [6.07, 6.45) is -3.25. The molecule has 1 heterocycles. The first-order chi connectivity index (χ1) is 8.00. The standard InChI is InChI=1S/C12H7ClF3N/c13-9-6-7-17-11(10(9)12(14,15)16)8-4-2-1-3-5-8/h1-7H. The zero-order valence-electron chi connectivity index (χ0n) is 8.50. The molecule has 0 spiro atoms. The third kappa shape index (κ3) is 2.42. The SMILES string of the molecule is FC(F)(F)c1c(Cl)ccnc1-c1ccccc1. The van der Waals surface area contributed by atoms with Crippen molar-refractivity contribution in [1.82, 2.24) is 4.98 Å². The van der Waals surface area contributed by atoms with Crippen LogP contribution in [0.15, 0.2) is 42.6 Å². The Morgan fingerprint density at radius 1 is 1.00 bits per heavy atom. The topological polar surface area (TPSA) is 12.9 Å². The number of hydrogen-bond donors (Lipinski definition) is 0. The first-order valence-electron chi connectivity index (χ1n) is 4.77. The maximum absolute atomic E-state index is 12.9. The highest BCUT2D eigenvalue weighted by Crippen LogP contribution is 2.39. The molecule has 0 aliphatic rings. The van der Waals surface area contributed by atoms with Crippen molar-refractivity contribution in [3.63, 3.8) is 0 Å². The van der Waals surface area contributed by atoms with Gasteiger partial charge < -0.3 is 0 Å². The van der Waals surface area contributed by atoms with E-state index in [9.17, 15) is 13.2 Å². The number of pyridine rings is 1. The third-order valence-corrected chi connectivity index (χ3v) is 2.55. The lowest BCUT2D eigenvalue weighted by atomic mass is 10.1. The fraction of sp³-hybridized carbons (Fsp3) is 0.0833. The Balaban J connectivity index is 2.67. The summed E-state index contributed by atoms with van der Waals surface area (Å²) < 4.78 is 38.6. The smallest absolute Gasteiger partial charge is 0.256 e. The average molecular weight is 258 g/mol. The van der Waals surface area contributed by atoms with Crippen LogP contribution in [0.5, 0.6) is 0 Å². The Hall–Kier alpha value is -1.55. The van der Waals surface area contributed by atoms with E-state index in [0.29, 0.717) is 5.56 Å². The van der Waals surface area contributed by atoms with Crippen molar-refractivity contribution in [2.75, 3.05) is 0 Å². The Morgan fingerprint density at radius 3 is 2.24 bits per heavy atom. The number of halogens is 4. The van der Waals surface area contributed by atoms with Gasteiger partial charge in [0.1, 0.15) is 5.56 Å². The molecule has 1 aromatic carbocycles. The molecule has 0 radical (unpaired) electrons. The zero-order chi connectivity index (χ0) is 12.5. The molecule has 0 amide bonds. The van der Waals surface area contributed by atoms with Crippen molar-refractivity contribution in [2.45, 2.75) is 6.18 Å². The predicted octanol–water partition coefficient (Wildman–Crippen LogP) is 4.42. The summed E-state index contributed by atoms with van der Waals surface area (Å²) in [7, 11) is 0. The fourth-order valence-electron chi connectivity index (χ4n) is 1.52. The van der Waals surface area contributed by atoms with Crippen LogP contribution in [0, 0.1) is 0 Å². The van der Waals surface area contributed by atoms with Crippen LogP contribution in [0.25, 0.3) is 11.3 Å². The summed E-state index contributed by atoms with van der Waals surface area (Å²) in [5, 5.41) is -0.341. The molecule has 2 rings (SSSR count). The zero-order valence-corrected chi connectivity index (χ0v) is 9.26. The highest BCUT2D eigenvalue weighted by atomic mass is 35.5. The van der Waals surface area contributed by atoms with Crippen LogP contribution in [-0.2, 0) is 6.18 Å². The molecule has 0 N–H and O–H groups in total. The average Bonchev–Trinajstić information content (AvgIpc) is 2.28. The summed E-state index contributed by atoms with van der Waals surface area (Å²) in [6.45, 7) is 0. The number of nitrogens with zero attached hydrogens (tertiary/aromatic N) is 1. The molecule has 1 nitrogen and oxygen atoms in total.